The SMILES string of the molecule is O=C(OCc1nnsc1Cl)c1ccccc1Cc1nc2ccccc2c(=O)[nH]1. The summed E-state index contributed by atoms with van der Waals surface area (Å²) >= 11 is 6.96. The van der Waals surface area contributed by atoms with Crippen LogP contribution in [0, 0.1) is 0 Å². The Morgan fingerprint density at radius 1 is 1.14 bits per heavy atom. The third-order valence-electron chi connectivity index (χ3n) is 4.11. The fraction of sp³-hybridized carbons (Fsp3) is 0.105. The van der Waals surface area contributed by atoms with Crippen molar-refractivity contribution in [1.29, 1.82) is 0 Å². The van der Waals surface area contributed by atoms with E-state index in [1.54, 1.807) is 36.4 Å². The lowest BCUT2D eigenvalue weighted by Crippen LogP contribution is -2.14. The van der Waals surface area contributed by atoms with Gasteiger partial charge in [0.2, 0.25) is 0 Å². The van der Waals surface area contributed by atoms with Gasteiger partial charge in [0.05, 0.1) is 16.5 Å². The number of hydrogen-bond donors (Lipinski definition) is 1. The topological polar surface area (TPSA) is 97.8 Å². The maximum absolute atomic E-state index is 12.5. The molecule has 0 atom stereocenters. The summed E-state index contributed by atoms with van der Waals surface area (Å²) in [5.41, 5.74) is 1.88. The van der Waals surface area contributed by atoms with Crippen molar-refractivity contribution in [2.45, 2.75) is 13.0 Å². The first-order chi connectivity index (χ1) is 13.6. The highest BCUT2D eigenvalue weighted by atomic mass is 35.5. The van der Waals surface area contributed by atoms with Crippen molar-refractivity contribution in [2.75, 3.05) is 0 Å². The minimum atomic E-state index is -0.511. The Kier molecular flexibility index (Phi) is 5.14. The minimum Gasteiger partial charge on any atom is -0.455 e. The molecule has 4 aromatic rings. The first-order valence-corrected chi connectivity index (χ1v) is 9.46. The standard InChI is InChI=1S/C19H13ClN4O3S/c20-17-15(23-24-28-17)10-27-19(26)12-6-2-1-5-11(12)9-16-21-14-8-4-3-7-13(14)18(25)22-16/h1-8H,9-10H2,(H,21,22,25). The number of esters is 1. The van der Waals surface area contributed by atoms with Crippen LogP contribution in [0.5, 0.6) is 0 Å². The Morgan fingerprint density at radius 2 is 1.93 bits per heavy atom. The van der Waals surface area contributed by atoms with Gasteiger partial charge < -0.3 is 9.72 Å². The predicted molar refractivity (Wildman–Crippen MR) is 106 cm³/mol. The molecule has 2 aromatic heterocycles. The summed E-state index contributed by atoms with van der Waals surface area (Å²) in [6.45, 7) is -0.0619. The van der Waals surface area contributed by atoms with E-state index in [0.29, 0.717) is 37.9 Å². The molecule has 9 heteroatoms. The minimum absolute atomic E-state index is 0.0619. The molecule has 1 N–H and O–H groups in total. The average Bonchev–Trinajstić information content (AvgIpc) is 3.11. The number of aromatic nitrogens is 4. The van der Waals surface area contributed by atoms with E-state index >= 15 is 0 Å². The van der Waals surface area contributed by atoms with E-state index in [0.717, 1.165) is 11.5 Å². The van der Waals surface area contributed by atoms with Gasteiger partial charge >= 0.3 is 5.97 Å². The number of benzene rings is 2. The number of fused-ring (bicyclic) bond motifs is 1. The van der Waals surface area contributed by atoms with Crippen molar-refractivity contribution in [3.8, 4) is 0 Å². The second-order valence-corrected chi connectivity index (χ2v) is 7.29. The van der Waals surface area contributed by atoms with Gasteiger partial charge in [0.1, 0.15) is 22.5 Å². The van der Waals surface area contributed by atoms with Gasteiger partial charge in [-0.1, -0.05) is 46.4 Å². The first kappa shape index (κ1) is 18.3. The van der Waals surface area contributed by atoms with Gasteiger partial charge in [-0.2, -0.15) is 0 Å². The van der Waals surface area contributed by atoms with Crippen molar-refractivity contribution >= 4 is 40.0 Å². The summed E-state index contributed by atoms with van der Waals surface area (Å²) in [5, 5.41) is 4.34. The molecule has 0 radical (unpaired) electrons. The molecule has 0 spiro atoms. The molecule has 0 aliphatic heterocycles. The van der Waals surface area contributed by atoms with Gasteiger partial charge in [-0.3, -0.25) is 4.79 Å². The fourth-order valence-corrected chi connectivity index (χ4v) is 3.37. The Bertz CT molecular complexity index is 1220. The van der Waals surface area contributed by atoms with Crippen LogP contribution in [0.1, 0.15) is 27.4 Å². The van der Waals surface area contributed by atoms with Crippen LogP contribution in [0.15, 0.2) is 53.3 Å². The summed E-state index contributed by atoms with van der Waals surface area (Å²) in [5.74, 6) is -0.0431. The Morgan fingerprint density at radius 3 is 2.75 bits per heavy atom. The molecule has 0 unspecified atom stereocenters. The number of aromatic amines is 1. The molecule has 4 rings (SSSR count). The summed E-state index contributed by atoms with van der Waals surface area (Å²) in [7, 11) is 0. The van der Waals surface area contributed by atoms with Crippen LogP contribution in [0.3, 0.4) is 0 Å². The molecular weight excluding hydrogens is 400 g/mol. The van der Waals surface area contributed by atoms with Crippen LogP contribution in [0.25, 0.3) is 10.9 Å². The van der Waals surface area contributed by atoms with Gasteiger partial charge in [0.25, 0.3) is 5.56 Å². The zero-order chi connectivity index (χ0) is 19.5. The third kappa shape index (κ3) is 3.78. The molecule has 2 heterocycles. The zero-order valence-corrected chi connectivity index (χ0v) is 16.0. The summed E-state index contributed by atoms with van der Waals surface area (Å²) < 4.78 is 9.41. The largest absolute Gasteiger partial charge is 0.455 e. The van der Waals surface area contributed by atoms with Crippen LogP contribution >= 0.6 is 23.1 Å². The van der Waals surface area contributed by atoms with Crippen LogP contribution < -0.4 is 5.56 Å². The zero-order valence-electron chi connectivity index (χ0n) is 14.4. The van der Waals surface area contributed by atoms with E-state index in [1.807, 2.05) is 12.1 Å². The van der Waals surface area contributed by atoms with E-state index in [4.69, 9.17) is 16.3 Å². The summed E-state index contributed by atoms with van der Waals surface area (Å²) in [4.78, 5) is 32.1. The van der Waals surface area contributed by atoms with Crippen LogP contribution in [-0.2, 0) is 17.8 Å². The van der Waals surface area contributed by atoms with Crippen LogP contribution in [0.4, 0.5) is 0 Å². The van der Waals surface area contributed by atoms with Crippen molar-refractivity contribution in [1.82, 2.24) is 19.6 Å². The van der Waals surface area contributed by atoms with Crippen molar-refractivity contribution in [3.63, 3.8) is 0 Å². The molecule has 0 aliphatic carbocycles. The van der Waals surface area contributed by atoms with E-state index in [-0.39, 0.29) is 18.6 Å². The molecule has 28 heavy (non-hydrogen) atoms. The van der Waals surface area contributed by atoms with Crippen LogP contribution in [-0.4, -0.2) is 25.5 Å². The number of para-hydroxylation sites is 1. The second kappa shape index (κ2) is 7.87. The molecule has 0 saturated carbocycles. The lowest BCUT2D eigenvalue weighted by Gasteiger charge is -2.09. The van der Waals surface area contributed by atoms with E-state index in [2.05, 4.69) is 19.6 Å². The normalized spacial score (nSPS) is 10.9. The second-order valence-electron chi connectivity index (χ2n) is 5.93. The number of carbonyl (C=O) groups excluding carboxylic acids is 1. The van der Waals surface area contributed by atoms with Gasteiger partial charge in [0.15, 0.2) is 0 Å². The number of hydrogen-bond acceptors (Lipinski definition) is 7. The Labute approximate surface area is 168 Å². The highest BCUT2D eigenvalue weighted by molar-refractivity contribution is 7.10. The molecule has 0 bridgehead atoms. The van der Waals surface area contributed by atoms with E-state index in [9.17, 15) is 9.59 Å². The summed E-state index contributed by atoms with van der Waals surface area (Å²) in [6, 6.07) is 14.1. The third-order valence-corrected chi connectivity index (χ3v) is 5.09. The Balaban J connectivity index is 1.58. The molecular formula is C19H13ClN4O3S. The summed E-state index contributed by atoms with van der Waals surface area (Å²) in [6.07, 6.45) is 0.282. The molecule has 0 amide bonds. The number of nitrogens with zero attached hydrogens (tertiary/aromatic N) is 3. The lowest BCUT2D eigenvalue weighted by molar-refractivity contribution is 0.0467. The number of rotatable bonds is 5. The molecule has 0 fully saturated rings. The van der Waals surface area contributed by atoms with Crippen molar-refractivity contribution < 1.29 is 9.53 Å². The fourth-order valence-electron chi connectivity index (χ4n) is 2.77. The van der Waals surface area contributed by atoms with E-state index in [1.165, 1.54) is 0 Å². The first-order valence-electron chi connectivity index (χ1n) is 8.31. The van der Waals surface area contributed by atoms with Crippen LogP contribution in [0.2, 0.25) is 4.34 Å². The van der Waals surface area contributed by atoms with Gasteiger partial charge in [-0.15, -0.1) is 5.10 Å². The highest BCUT2D eigenvalue weighted by Gasteiger charge is 2.16. The highest BCUT2D eigenvalue weighted by Crippen LogP contribution is 2.19. The lowest BCUT2D eigenvalue weighted by atomic mass is 10.0. The number of halogens is 1. The van der Waals surface area contributed by atoms with Gasteiger partial charge in [0, 0.05) is 18.0 Å². The predicted octanol–water partition coefficient (Wildman–Crippen LogP) is 3.38. The molecule has 0 saturated heterocycles. The van der Waals surface area contributed by atoms with Crippen molar-refractivity contribution in [3.05, 3.63) is 85.9 Å². The van der Waals surface area contributed by atoms with Gasteiger partial charge in [-0.05, 0) is 23.8 Å². The maximum Gasteiger partial charge on any atom is 0.338 e. The van der Waals surface area contributed by atoms with E-state index < -0.39 is 5.97 Å². The Hall–Kier alpha value is -3.10. The van der Waals surface area contributed by atoms with Crippen molar-refractivity contribution in [2.24, 2.45) is 0 Å². The van der Waals surface area contributed by atoms with Gasteiger partial charge in [-0.25, -0.2) is 9.78 Å². The molecule has 140 valence electrons. The molecule has 2 aromatic carbocycles. The maximum atomic E-state index is 12.5. The number of nitrogens with one attached hydrogen (secondary N) is 1. The quantitative estimate of drug-likeness (QED) is 0.504. The molecule has 0 aliphatic rings. The monoisotopic (exact) mass is 412 g/mol. The number of carbonyl (C=O) groups is 1. The number of H-pyrrole nitrogens is 1. The average molecular weight is 413 g/mol. The smallest absolute Gasteiger partial charge is 0.338 e. The molecule has 7 nitrogen and oxygen atoms in total. The number of ether oxygens (including phenoxy) is 1.